The molecular formula is C17H22N4OS2. The summed E-state index contributed by atoms with van der Waals surface area (Å²) in [4.78, 5) is 17.4. The van der Waals surface area contributed by atoms with Crippen molar-refractivity contribution in [3.63, 3.8) is 0 Å². The highest BCUT2D eigenvalue weighted by Gasteiger charge is 2.30. The van der Waals surface area contributed by atoms with Crippen molar-refractivity contribution < 1.29 is 4.79 Å². The smallest absolute Gasteiger partial charge is 0.227 e. The molecule has 128 valence electrons. The Hall–Kier alpha value is -1.31. The van der Waals surface area contributed by atoms with Gasteiger partial charge in [0.15, 0.2) is 0 Å². The van der Waals surface area contributed by atoms with Crippen LogP contribution in [0.2, 0.25) is 0 Å². The molecule has 0 unspecified atom stereocenters. The fraction of sp³-hybridized carbons (Fsp3) is 0.588. The second-order valence-electron chi connectivity index (χ2n) is 6.73. The van der Waals surface area contributed by atoms with Gasteiger partial charge in [0.25, 0.3) is 0 Å². The highest BCUT2D eigenvalue weighted by atomic mass is 32.1. The van der Waals surface area contributed by atoms with Gasteiger partial charge >= 0.3 is 0 Å². The lowest BCUT2D eigenvalue weighted by Crippen LogP contribution is -2.29. The number of anilines is 1. The first-order valence-electron chi connectivity index (χ1n) is 8.60. The Labute approximate surface area is 150 Å². The molecule has 2 fully saturated rings. The van der Waals surface area contributed by atoms with E-state index in [2.05, 4.69) is 39.5 Å². The number of carbonyl (C=O) groups is 1. The Balaban J connectivity index is 1.27. The Kier molecular flexibility index (Phi) is 4.65. The zero-order chi connectivity index (χ0) is 16.5. The van der Waals surface area contributed by atoms with E-state index in [1.165, 1.54) is 46.8 Å². The summed E-state index contributed by atoms with van der Waals surface area (Å²) in [5.41, 5.74) is 0. The van der Waals surface area contributed by atoms with E-state index in [0.717, 1.165) is 18.1 Å². The molecule has 0 aliphatic heterocycles. The highest BCUT2D eigenvalue weighted by molar-refractivity contribution is 7.15. The maximum atomic E-state index is 12.2. The van der Waals surface area contributed by atoms with Crippen molar-refractivity contribution in [1.29, 1.82) is 0 Å². The van der Waals surface area contributed by atoms with Crippen molar-refractivity contribution in [2.45, 2.75) is 57.5 Å². The maximum Gasteiger partial charge on any atom is 0.227 e. The van der Waals surface area contributed by atoms with Gasteiger partial charge in [0.2, 0.25) is 11.0 Å². The predicted molar refractivity (Wildman–Crippen MR) is 97.6 cm³/mol. The van der Waals surface area contributed by atoms with Crippen LogP contribution in [0.5, 0.6) is 0 Å². The Morgan fingerprint density at radius 3 is 2.75 bits per heavy atom. The Bertz CT molecular complexity index is 718. The minimum atomic E-state index is 0.0431. The number of aromatic nitrogens is 2. The number of amides is 1. The second kappa shape index (κ2) is 6.90. The standard InChI is InChI=1S/C17H22N4OS2/c1-11-2-7-14(23-11)10-21(13-5-6-13)9-8-15(22)18-17-20-19-16(24-17)12-3-4-12/h2,7,12-13H,3-6,8-10H2,1H3,(H,18,20,22). The van der Waals surface area contributed by atoms with Gasteiger partial charge in [-0.15, -0.1) is 21.5 Å². The van der Waals surface area contributed by atoms with Gasteiger partial charge in [0.1, 0.15) is 5.01 Å². The zero-order valence-corrected chi connectivity index (χ0v) is 15.5. The molecule has 0 bridgehead atoms. The van der Waals surface area contributed by atoms with Gasteiger partial charge in [0.05, 0.1) is 0 Å². The molecule has 5 nitrogen and oxygen atoms in total. The number of nitrogens with one attached hydrogen (secondary N) is 1. The minimum Gasteiger partial charge on any atom is -0.300 e. The van der Waals surface area contributed by atoms with E-state index in [1.807, 2.05) is 11.3 Å². The van der Waals surface area contributed by atoms with E-state index in [-0.39, 0.29) is 5.91 Å². The quantitative estimate of drug-likeness (QED) is 0.776. The van der Waals surface area contributed by atoms with Crippen LogP contribution in [0.3, 0.4) is 0 Å². The molecule has 0 saturated heterocycles. The Morgan fingerprint density at radius 2 is 2.08 bits per heavy atom. The van der Waals surface area contributed by atoms with Crippen LogP contribution < -0.4 is 5.32 Å². The molecule has 2 aromatic rings. The minimum absolute atomic E-state index is 0.0431. The number of carbonyl (C=O) groups excluding carboxylic acids is 1. The van der Waals surface area contributed by atoms with E-state index >= 15 is 0 Å². The maximum absolute atomic E-state index is 12.2. The van der Waals surface area contributed by atoms with Crippen molar-refractivity contribution in [1.82, 2.24) is 15.1 Å². The van der Waals surface area contributed by atoms with Gasteiger partial charge < -0.3 is 5.32 Å². The van der Waals surface area contributed by atoms with Crippen LogP contribution in [0, 0.1) is 6.92 Å². The molecule has 2 saturated carbocycles. The van der Waals surface area contributed by atoms with E-state index in [1.54, 1.807) is 0 Å². The molecule has 1 amide bonds. The van der Waals surface area contributed by atoms with Gasteiger partial charge in [-0.1, -0.05) is 11.3 Å². The van der Waals surface area contributed by atoms with E-state index in [9.17, 15) is 4.79 Å². The molecule has 24 heavy (non-hydrogen) atoms. The third kappa shape index (κ3) is 4.20. The van der Waals surface area contributed by atoms with Gasteiger partial charge in [-0.2, -0.15) is 0 Å². The van der Waals surface area contributed by atoms with Gasteiger partial charge in [-0.25, -0.2) is 0 Å². The van der Waals surface area contributed by atoms with Crippen molar-refractivity contribution in [2.75, 3.05) is 11.9 Å². The molecule has 4 rings (SSSR count). The van der Waals surface area contributed by atoms with Gasteiger partial charge in [0, 0.05) is 41.2 Å². The molecule has 2 aliphatic rings. The molecule has 0 aromatic carbocycles. The number of aryl methyl sites for hydroxylation is 1. The number of nitrogens with zero attached hydrogens (tertiary/aromatic N) is 3. The topological polar surface area (TPSA) is 58.1 Å². The number of hydrogen-bond donors (Lipinski definition) is 1. The third-order valence-electron chi connectivity index (χ3n) is 4.46. The lowest BCUT2D eigenvalue weighted by atomic mass is 10.3. The second-order valence-corrected chi connectivity index (χ2v) is 9.11. The molecular weight excluding hydrogens is 340 g/mol. The monoisotopic (exact) mass is 362 g/mol. The van der Waals surface area contributed by atoms with Crippen molar-refractivity contribution in [2.24, 2.45) is 0 Å². The highest BCUT2D eigenvalue weighted by Crippen LogP contribution is 2.42. The predicted octanol–water partition coefficient (Wildman–Crippen LogP) is 3.78. The average Bonchev–Trinajstić information content (AvgIpc) is 3.48. The van der Waals surface area contributed by atoms with Crippen molar-refractivity contribution >= 4 is 33.7 Å². The number of rotatable bonds is 8. The fourth-order valence-electron chi connectivity index (χ4n) is 2.81. The van der Waals surface area contributed by atoms with Crippen molar-refractivity contribution in [3.8, 4) is 0 Å². The first-order chi connectivity index (χ1) is 11.7. The van der Waals surface area contributed by atoms with Crippen LogP contribution >= 0.6 is 22.7 Å². The van der Waals surface area contributed by atoms with Gasteiger partial charge in [-0.05, 0) is 44.7 Å². The summed E-state index contributed by atoms with van der Waals surface area (Å²) in [5, 5.41) is 12.9. The van der Waals surface area contributed by atoms with Crippen molar-refractivity contribution in [3.05, 3.63) is 26.9 Å². The van der Waals surface area contributed by atoms with Crippen LogP contribution in [0.15, 0.2) is 12.1 Å². The van der Waals surface area contributed by atoms with Crippen LogP contribution in [-0.4, -0.2) is 33.6 Å². The zero-order valence-electron chi connectivity index (χ0n) is 13.8. The van der Waals surface area contributed by atoms with E-state index in [4.69, 9.17) is 0 Å². The molecule has 1 N–H and O–H groups in total. The number of thiophene rings is 1. The molecule has 2 heterocycles. The normalized spacial score (nSPS) is 17.4. The lowest BCUT2D eigenvalue weighted by Gasteiger charge is -2.20. The molecule has 0 atom stereocenters. The van der Waals surface area contributed by atoms with Crippen LogP contribution in [0.4, 0.5) is 5.13 Å². The third-order valence-corrected chi connectivity index (χ3v) is 6.44. The first-order valence-corrected chi connectivity index (χ1v) is 10.2. The Morgan fingerprint density at radius 1 is 1.25 bits per heavy atom. The molecule has 2 aliphatic carbocycles. The molecule has 2 aromatic heterocycles. The molecule has 0 radical (unpaired) electrons. The molecule has 0 spiro atoms. The summed E-state index contributed by atoms with van der Waals surface area (Å²) in [6, 6.07) is 5.03. The number of hydrogen-bond acceptors (Lipinski definition) is 6. The summed E-state index contributed by atoms with van der Waals surface area (Å²) < 4.78 is 0. The van der Waals surface area contributed by atoms with Crippen LogP contribution in [0.25, 0.3) is 0 Å². The summed E-state index contributed by atoms with van der Waals surface area (Å²) in [5.74, 6) is 0.634. The SMILES string of the molecule is Cc1ccc(CN(CCC(=O)Nc2nnc(C3CC3)s2)C2CC2)s1. The summed E-state index contributed by atoms with van der Waals surface area (Å²) in [7, 11) is 0. The van der Waals surface area contributed by atoms with Gasteiger partial charge in [-0.3, -0.25) is 9.69 Å². The molecule has 7 heteroatoms. The summed E-state index contributed by atoms with van der Waals surface area (Å²) >= 11 is 3.37. The van der Waals surface area contributed by atoms with E-state index < -0.39 is 0 Å². The first kappa shape index (κ1) is 16.2. The summed E-state index contributed by atoms with van der Waals surface area (Å²) in [6.45, 7) is 3.91. The van der Waals surface area contributed by atoms with Crippen LogP contribution in [-0.2, 0) is 11.3 Å². The summed E-state index contributed by atoms with van der Waals surface area (Å²) in [6.07, 6.45) is 5.45. The lowest BCUT2D eigenvalue weighted by molar-refractivity contribution is -0.116. The fourth-order valence-corrected chi connectivity index (χ4v) is 4.65. The van der Waals surface area contributed by atoms with E-state index in [0.29, 0.717) is 23.5 Å². The largest absolute Gasteiger partial charge is 0.300 e. The van der Waals surface area contributed by atoms with Crippen LogP contribution in [0.1, 0.15) is 52.8 Å². The average molecular weight is 363 g/mol.